The van der Waals surface area contributed by atoms with Gasteiger partial charge in [-0.25, -0.2) is 8.42 Å². The smallest absolute Gasteiger partial charge is 0.228 e. The summed E-state index contributed by atoms with van der Waals surface area (Å²) in [7, 11) is -1.46. The number of amides is 1. The van der Waals surface area contributed by atoms with E-state index < -0.39 is 9.84 Å². The van der Waals surface area contributed by atoms with Crippen molar-refractivity contribution < 1.29 is 13.2 Å². The minimum absolute atomic E-state index is 0.00546. The SMILES string of the molecule is CN(C(=O)CN=[N+]=[N-])C1CCS(=O)(=O)C1. The van der Waals surface area contributed by atoms with Crippen LogP contribution >= 0.6 is 0 Å². The highest BCUT2D eigenvalue weighted by Crippen LogP contribution is 2.16. The van der Waals surface area contributed by atoms with E-state index in [4.69, 9.17) is 5.53 Å². The summed E-state index contributed by atoms with van der Waals surface area (Å²) in [6.45, 7) is -0.260. The Morgan fingerprint density at radius 1 is 1.67 bits per heavy atom. The van der Waals surface area contributed by atoms with Crippen LogP contribution in [0.1, 0.15) is 6.42 Å². The molecule has 7 nitrogen and oxygen atoms in total. The summed E-state index contributed by atoms with van der Waals surface area (Å²) >= 11 is 0. The van der Waals surface area contributed by atoms with Crippen molar-refractivity contribution in [2.75, 3.05) is 25.1 Å². The van der Waals surface area contributed by atoms with Crippen LogP contribution in [-0.4, -0.2) is 50.4 Å². The molecular formula is C7H12N4O3S. The van der Waals surface area contributed by atoms with Crippen LogP contribution in [0.5, 0.6) is 0 Å². The van der Waals surface area contributed by atoms with Crippen LogP contribution in [0.4, 0.5) is 0 Å². The Balaban J connectivity index is 2.58. The summed E-state index contributed by atoms with van der Waals surface area (Å²) in [5.41, 5.74) is 8.04. The maximum Gasteiger partial charge on any atom is 0.228 e. The van der Waals surface area contributed by atoms with Crippen molar-refractivity contribution in [3.8, 4) is 0 Å². The molecule has 0 spiro atoms. The Hall–Kier alpha value is -1.27. The Kier molecular flexibility index (Phi) is 3.54. The number of hydrogen-bond donors (Lipinski definition) is 0. The van der Waals surface area contributed by atoms with E-state index in [9.17, 15) is 13.2 Å². The molecule has 8 heteroatoms. The van der Waals surface area contributed by atoms with Crippen LogP contribution in [0.15, 0.2) is 5.11 Å². The molecular weight excluding hydrogens is 220 g/mol. The van der Waals surface area contributed by atoms with Crippen molar-refractivity contribution in [1.82, 2.24) is 4.90 Å². The average Bonchev–Trinajstić information content (AvgIpc) is 2.54. The van der Waals surface area contributed by atoms with Crippen molar-refractivity contribution in [2.45, 2.75) is 12.5 Å². The van der Waals surface area contributed by atoms with Gasteiger partial charge in [-0.3, -0.25) is 4.79 Å². The first kappa shape index (κ1) is 11.8. The van der Waals surface area contributed by atoms with Crippen LogP contribution in [0, 0.1) is 0 Å². The fourth-order valence-corrected chi connectivity index (χ4v) is 3.26. The normalized spacial score (nSPS) is 23.1. The first-order valence-electron chi connectivity index (χ1n) is 4.43. The molecule has 0 saturated carbocycles. The standard InChI is InChI=1S/C7H12N4O3S/c1-11(7(12)4-9-10-8)6-2-3-15(13,14)5-6/h6H,2-5H2,1H3. The fourth-order valence-electron chi connectivity index (χ4n) is 1.49. The molecule has 1 saturated heterocycles. The summed E-state index contributed by atoms with van der Waals surface area (Å²) in [5, 5.41) is 3.14. The van der Waals surface area contributed by atoms with Gasteiger partial charge in [0.2, 0.25) is 5.91 Å². The van der Waals surface area contributed by atoms with E-state index in [0.29, 0.717) is 6.42 Å². The predicted molar refractivity (Wildman–Crippen MR) is 53.8 cm³/mol. The lowest BCUT2D eigenvalue weighted by atomic mass is 10.2. The van der Waals surface area contributed by atoms with Crippen molar-refractivity contribution in [1.29, 1.82) is 0 Å². The molecule has 1 rings (SSSR count). The van der Waals surface area contributed by atoms with Gasteiger partial charge < -0.3 is 4.90 Å². The predicted octanol–water partition coefficient (Wildman–Crippen LogP) is -0.0578. The average molecular weight is 232 g/mol. The van der Waals surface area contributed by atoms with Gasteiger partial charge in [0.25, 0.3) is 0 Å². The highest BCUT2D eigenvalue weighted by molar-refractivity contribution is 7.91. The quantitative estimate of drug-likeness (QED) is 0.387. The zero-order chi connectivity index (χ0) is 11.5. The van der Waals surface area contributed by atoms with Crippen LogP contribution in [0.25, 0.3) is 10.4 Å². The zero-order valence-electron chi connectivity index (χ0n) is 8.33. The molecule has 0 aromatic heterocycles. The van der Waals surface area contributed by atoms with Crippen LogP contribution in [0.2, 0.25) is 0 Å². The number of carbonyl (C=O) groups is 1. The third-order valence-corrected chi connectivity index (χ3v) is 4.17. The van der Waals surface area contributed by atoms with Gasteiger partial charge in [-0.2, -0.15) is 0 Å². The summed E-state index contributed by atoms with van der Waals surface area (Å²) < 4.78 is 22.3. The molecule has 0 aromatic carbocycles. The minimum atomic E-state index is -2.99. The first-order valence-corrected chi connectivity index (χ1v) is 6.25. The Morgan fingerprint density at radius 2 is 2.33 bits per heavy atom. The number of sulfone groups is 1. The van der Waals surface area contributed by atoms with Crippen LogP contribution < -0.4 is 0 Å². The van der Waals surface area contributed by atoms with Gasteiger partial charge in [0, 0.05) is 18.0 Å². The van der Waals surface area contributed by atoms with E-state index in [1.54, 1.807) is 0 Å². The lowest BCUT2D eigenvalue weighted by molar-refractivity contribution is -0.129. The number of carbonyl (C=O) groups excluding carboxylic acids is 1. The molecule has 1 amide bonds. The maximum atomic E-state index is 11.4. The molecule has 0 radical (unpaired) electrons. The Morgan fingerprint density at radius 3 is 2.80 bits per heavy atom. The molecule has 1 aliphatic heterocycles. The molecule has 0 bridgehead atoms. The molecule has 1 aliphatic rings. The second-order valence-electron chi connectivity index (χ2n) is 3.45. The summed E-state index contributed by atoms with van der Waals surface area (Å²) in [5.74, 6) is -0.225. The van der Waals surface area contributed by atoms with Gasteiger partial charge in [-0.15, -0.1) is 0 Å². The summed E-state index contributed by atoms with van der Waals surface area (Å²) in [6, 6.07) is -0.281. The largest absolute Gasteiger partial charge is 0.342 e. The van der Waals surface area contributed by atoms with Gasteiger partial charge >= 0.3 is 0 Å². The maximum absolute atomic E-state index is 11.4. The van der Waals surface area contributed by atoms with Crippen LogP contribution in [-0.2, 0) is 14.6 Å². The van der Waals surface area contributed by atoms with E-state index >= 15 is 0 Å². The number of nitrogens with zero attached hydrogens (tertiary/aromatic N) is 4. The van der Waals surface area contributed by atoms with Crippen molar-refractivity contribution >= 4 is 15.7 Å². The molecule has 0 aliphatic carbocycles. The van der Waals surface area contributed by atoms with E-state index in [0.717, 1.165) is 0 Å². The molecule has 15 heavy (non-hydrogen) atoms. The number of hydrogen-bond acceptors (Lipinski definition) is 4. The second-order valence-corrected chi connectivity index (χ2v) is 5.68. The number of rotatable bonds is 3. The molecule has 1 atom stereocenters. The van der Waals surface area contributed by atoms with Gasteiger partial charge in [0.05, 0.1) is 11.5 Å². The number of likely N-dealkylation sites (N-methyl/N-ethyl adjacent to an activating group) is 1. The minimum Gasteiger partial charge on any atom is -0.342 e. The van der Waals surface area contributed by atoms with E-state index in [2.05, 4.69) is 10.0 Å². The molecule has 84 valence electrons. The highest BCUT2D eigenvalue weighted by atomic mass is 32.2. The lowest BCUT2D eigenvalue weighted by Gasteiger charge is -2.22. The zero-order valence-corrected chi connectivity index (χ0v) is 9.14. The monoisotopic (exact) mass is 232 g/mol. The molecule has 0 aromatic rings. The van der Waals surface area contributed by atoms with Crippen molar-refractivity contribution in [2.24, 2.45) is 5.11 Å². The van der Waals surface area contributed by atoms with E-state index in [-0.39, 0.29) is 30.0 Å². The van der Waals surface area contributed by atoms with Crippen LogP contribution in [0.3, 0.4) is 0 Å². The van der Waals surface area contributed by atoms with Gasteiger partial charge in [0.15, 0.2) is 9.84 Å². The fraction of sp³-hybridized carbons (Fsp3) is 0.857. The summed E-state index contributed by atoms with van der Waals surface area (Å²) in [4.78, 5) is 15.2. The molecule has 0 N–H and O–H groups in total. The van der Waals surface area contributed by atoms with Gasteiger partial charge in [-0.1, -0.05) is 5.11 Å². The first-order chi connectivity index (χ1) is 6.96. The molecule has 1 heterocycles. The van der Waals surface area contributed by atoms with Gasteiger partial charge in [0.1, 0.15) is 6.54 Å². The molecule has 1 unspecified atom stereocenters. The van der Waals surface area contributed by atoms with E-state index in [1.165, 1.54) is 11.9 Å². The third kappa shape index (κ3) is 3.10. The molecule has 1 fully saturated rings. The Bertz CT molecular complexity index is 398. The third-order valence-electron chi connectivity index (χ3n) is 2.42. The topological polar surface area (TPSA) is 103 Å². The Labute approximate surface area is 87.6 Å². The van der Waals surface area contributed by atoms with Crippen molar-refractivity contribution in [3.63, 3.8) is 0 Å². The van der Waals surface area contributed by atoms with Gasteiger partial charge in [-0.05, 0) is 12.0 Å². The highest BCUT2D eigenvalue weighted by Gasteiger charge is 2.32. The number of azide groups is 1. The summed E-state index contributed by atoms with van der Waals surface area (Å²) in [6.07, 6.45) is 0.459. The van der Waals surface area contributed by atoms with Crippen molar-refractivity contribution in [3.05, 3.63) is 10.4 Å². The van der Waals surface area contributed by atoms with E-state index in [1.807, 2.05) is 0 Å². The lowest BCUT2D eigenvalue weighted by Crippen LogP contribution is -2.39. The second kappa shape index (κ2) is 4.50.